The second kappa shape index (κ2) is 15.2. The molecule has 36 heavy (non-hydrogen) atoms. The molecule has 1 aromatic heterocycles. The van der Waals surface area contributed by atoms with Gasteiger partial charge in [0.05, 0.1) is 23.1 Å². The number of aryl methyl sites for hydroxylation is 1. The second-order valence-electron chi connectivity index (χ2n) is 7.80. The van der Waals surface area contributed by atoms with E-state index in [0.717, 1.165) is 5.69 Å². The summed E-state index contributed by atoms with van der Waals surface area (Å²) in [6.07, 6.45) is -1.59. The van der Waals surface area contributed by atoms with Crippen molar-refractivity contribution in [1.82, 2.24) is 14.9 Å². The van der Waals surface area contributed by atoms with E-state index in [4.69, 9.17) is 23.2 Å². The molecule has 0 spiro atoms. The fourth-order valence-corrected chi connectivity index (χ4v) is 3.68. The number of amides is 1. The van der Waals surface area contributed by atoms with Gasteiger partial charge in [0.25, 0.3) is 0 Å². The largest absolute Gasteiger partial charge is 0.464 e. The van der Waals surface area contributed by atoms with Gasteiger partial charge in [0.2, 0.25) is 5.91 Å². The zero-order valence-electron chi connectivity index (χ0n) is 20.6. The van der Waals surface area contributed by atoms with Crippen LogP contribution in [0.15, 0.2) is 29.4 Å². The van der Waals surface area contributed by atoms with Crippen molar-refractivity contribution >= 4 is 52.5 Å². The molecule has 0 unspecified atom stereocenters. The fraction of sp³-hybridized carbons (Fsp3) is 0.478. The van der Waals surface area contributed by atoms with Gasteiger partial charge in [-0.3, -0.25) is 4.79 Å². The number of anilines is 1. The van der Waals surface area contributed by atoms with Crippen molar-refractivity contribution in [3.8, 4) is 0 Å². The lowest BCUT2D eigenvalue weighted by molar-refractivity contribution is -0.184. The molecule has 1 aliphatic rings. The number of nitrogens with one attached hydrogen (secondary N) is 1. The molecule has 1 N–H and O–H groups in total. The van der Waals surface area contributed by atoms with Crippen LogP contribution in [-0.2, 0) is 9.53 Å². The van der Waals surface area contributed by atoms with E-state index in [2.05, 4.69) is 20.0 Å². The number of rotatable bonds is 3. The van der Waals surface area contributed by atoms with E-state index in [-0.39, 0.29) is 18.7 Å². The molecule has 1 aliphatic heterocycles. The first-order valence-corrected chi connectivity index (χ1v) is 12.7. The molecule has 1 saturated heterocycles. The summed E-state index contributed by atoms with van der Waals surface area (Å²) in [5, 5.41) is 4.09. The maximum Gasteiger partial charge on any atom is 0.391 e. The summed E-state index contributed by atoms with van der Waals surface area (Å²) in [7, 11) is 3.19. The average Bonchev–Trinajstić information content (AvgIpc) is 2.80. The molecule has 7 nitrogen and oxygen atoms in total. The van der Waals surface area contributed by atoms with Crippen LogP contribution in [0, 0.1) is 12.8 Å². The van der Waals surface area contributed by atoms with E-state index in [9.17, 15) is 22.8 Å². The molecule has 0 atom stereocenters. The maximum absolute atomic E-state index is 12.0. The van der Waals surface area contributed by atoms with E-state index < -0.39 is 18.1 Å². The normalized spacial score (nSPS) is 14.1. The molecule has 1 aromatic carbocycles. The predicted molar refractivity (Wildman–Crippen MR) is 137 cm³/mol. The number of carbonyl (C=O) groups excluding carboxylic acids is 2. The lowest BCUT2D eigenvalue weighted by Gasteiger charge is -2.30. The predicted octanol–water partition coefficient (Wildman–Crippen LogP) is 6.14. The molecule has 13 heteroatoms. The van der Waals surface area contributed by atoms with E-state index in [0.29, 0.717) is 39.7 Å². The van der Waals surface area contributed by atoms with Crippen LogP contribution in [0.3, 0.4) is 0 Å². The Hall–Kier alpha value is -2.08. The number of hydrogen-bond acceptors (Lipinski definition) is 7. The summed E-state index contributed by atoms with van der Waals surface area (Å²) in [5.74, 6) is -1.62. The lowest BCUT2D eigenvalue weighted by Crippen LogP contribution is -2.36. The second-order valence-corrected chi connectivity index (χ2v) is 9.39. The van der Waals surface area contributed by atoms with E-state index in [1.54, 1.807) is 24.3 Å². The molecule has 1 fully saturated rings. The van der Waals surface area contributed by atoms with Gasteiger partial charge in [0, 0.05) is 18.3 Å². The molecule has 200 valence electrons. The average molecular weight is 569 g/mol. The van der Waals surface area contributed by atoms with Crippen molar-refractivity contribution in [2.45, 2.75) is 38.0 Å². The van der Waals surface area contributed by atoms with Crippen LogP contribution in [0.25, 0.3) is 0 Å². The maximum atomic E-state index is 12.0. The molecule has 3 rings (SSSR count). The Labute approximate surface area is 223 Å². The standard InChI is InChI=1S/C8H7Cl2NO.C8H10N2O2S.C7H12F3N/c1-5(12)11-6-2-3-7(9)8(10)4-6;1-5-4-6(7(11)12-2)10-8(9-5)13-3;1-11-4-2-6(3-5-11)7(8,9)10/h2-4H,1H3,(H,11,12);4H,1-3H3;6H,2-5H2,1H3. The Morgan fingerprint density at radius 3 is 2.22 bits per heavy atom. The van der Waals surface area contributed by atoms with E-state index >= 15 is 0 Å². The zero-order chi connectivity index (χ0) is 27.5. The number of likely N-dealkylation sites (tertiary alicyclic amines) is 1. The molecule has 1 amide bonds. The van der Waals surface area contributed by atoms with Gasteiger partial charge >= 0.3 is 12.1 Å². The molecule has 0 bridgehead atoms. The number of benzene rings is 1. The van der Waals surface area contributed by atoms with Crippen LogP contribution < -0.4 is 5.32 Å². The highest BCUT2D eigenvalue weighted by molar-refractivity contribution is 7.98. The monoisotopic (exact) mass is 568 g/mol. The highest BCUT2D eigenvalue weighted by Crippen LogP contribution is 2.33. The number of halogens is 5. The van der Waals surface area contributed by atoms with Crippen molar-refractivity contribution in [3.63, 3.8) is 0 Å². The number of alkyl halides is 3. The number of hydrogen-bond donors (Lipinski definition) is 1. The quantitative estimate of drug-likeness (QED) is 0.270. The summed E-state index contributed by atoms with van der Waals surface area (Å²) in [6, 6.07) is 6.53. The fourth-order valence-electron chi connectivity index (χ4n) is 2.95. The summed E-state index contributed by atoms with van der Waals surface area (Å²) < 4.78 is 40.7. The Kier molecular flexibility index (Phi) is 13.5. The summed E-state index contributed by atoms with van der Waals surface area (Å²) >= 11 is 12.8. The van der Waals surface area contributed by atoms with Gasteiger partial charge in [0.15, 0.2) is 10.9 Å². The van der Waals surface area contributed by atoms with Crippen molar-refractivity contribution in [2.75, 3.05) is 38.8 Å². The molecule has 2 heterocycles. The van der Waals surface area contributed by atoms with Crippen LogP contribution in [0.2, 0.25) is 10.0 Å². The highest BCUT2D eigenvalue weighted by atomic mass is 35.5. The van der Waals surface area contributed by atoms with Crippen LogP contribution in [0.5, 0.6) is 0 Å². The minimum Gasteiger partial charge on any atom is -0.464 e. The lowest BCUT2D eigenvalue weighted by atomic mass is 9.97. The molecule has 2 aromatic rings. The Morgan fingerprint density at radius 1 is 1.14 bits per heavy atom. The van der Waals surface area contributed by atoms with Crippen molar-refractivity contribution in [3.05, 3.63) is 45.7 Å². The zero-order valence-corrected chi connectivity index (χ0v) is 22.9. The minimum atomic E-state index is -3.97. The number of piperidine rings is 1. The Balaban J connectivity index is 0.000000271. The van der Waals surface area contributed by atoms with Crippen molar-refractivity contribution < 1.29 is 27.5 Å². The van der Waals surface area contributed by atoms with Crippen LogP contribution in [0.1, 0.15) is 35.9 Å². The number of ether oxygens (including phenoxy) is 1. The van der Waals surface area contributed by atoms with Crippen LogP contribution in [0.4, 0.5) is 18.9 Å². The van der Waals surface area contributed by atoms with Crippen LogP contribution in [-0.4, -0.2) is 66.4 Å². The van der Waals surface area contributed by atoms with Gasteiger partial charge in [-0.1, -0.05) is 35.0 Å². The molecule has 0 aliphatic carbocycles. The number of aromatic nitrogens is 2. The van der Waals surface area contributed by atoms with Gasteiger partial charge in [-0.15, -0.1) is 0 Å². The van der Waals surface area contributed by atoms with Crippen molar-refractivity contribution in [2.24, 2.45) is 5.92 Å². The summed E-state index contributed by atoms with van der Waals surface area (Å²) in [6.45, 7) is 4.39. The van der Waals surface area contributed by atoms with Crippen LogP contribution >= 0.6 is 35.0 Å². The number of carbonyl (C=O) groups is 2. The topological polar surface area (TPSA) is 84.4 Å². The molecular weight excluding hydrogens is 540 g/mol. The van der Waals surface area contributed by atoms with Gasteiger partial charge < -0.3 is 15.0 Å². The smallest absolute Gasteiger partial charge is 0.391 e. The third kappa shape index (κ3) is 11.8. The Morgan fingerprint density at radius 2 is 1.75 bits per heavy atom. The first-order chi connectivity index (χ1) is 16.8. The highest BCUT2D eigenvalue weighted by Gasteiger charge is 2.40. The first-order valence-electron chi connectivity index (χ1n) is 10.7. The van der Waals surface area contributed by atoms with Gasteiger partial charge in [-0.2, -0.15) is 13.2 Å². The Bertz CT molecular complexity index is 1020. The van der Waals surface area contributed by atoms with E-state index in [1.807, 2.05) is 25.1 Å². The van der Waals surface area contributed by atoms with E-state index in [1.165, 1.54) is 25.8 Å². The summed E-state index contributed by atoms with van der Waals surface area (Å²) in [5.41, 5.74) is 1.72. The number of esters is 1. The summed E-state index contributed by atoms with van der Waals surface area (Å²) in [4.78, 5) is 31.8. The van der Waals surface area contributed by atoms with Gasteiger partial charge in [0.1, 0.15) is 0 Å². The third-order valence-electron chi connectivity index (χ3n) is 4.83. The molecule has 0 saturated carbocycles. The minimum absolute atomic E-state index is 0.131. The number of thioether (sulfide) groups is 1. The third-order valence-corrected chi connectivity index (χ3v) is 6.12. The van der Waals surface area contributed by atoms with Gasteiger partial charge in [-0.05, 0) is 70.4 Å². The molecule has 0 radical (unpaired) electrons. The number of nitrogens with zero attached hydrogens (tertiary/aromatic N) is 3. The first kappa shape index (κ1) is 31.9. The van der Waals surface area contributed by atoms with Crippen molar-refractivity contribution in [1.29, 1.82) is 0 Å². The van der Waals surface area contributed by atoms with Gasteiger partial charge in [-0.25, -0.2) is 14.8 Å². The number of methoxy groups -OCH3 is 1. The molecular formula is C23H29Cl2F3N4O3S. The SMILES string of the molecule is CC(=O)Nc1ccc(Cl)c(Cl)c1.CN1CCC(C(F)(F)F)CC1.COC(=O)c1cc(C)nc(SC)n1.